The number of hydrogen-bond donors (Lipinski definition) is 1. The highest BCUT2D eigenvalue weighted by Crippen LogP contribution is 2.26. The van der Waals surface area contributed by atoms with E-state index >= 15 is 0 Å². The first-order chi connectivity index (χ1) is 15.5. The molecule has 0 spiro atoms. The van der Waals surface area contributed by atoms with Crippen LogP contribution in [0.3, 0.4) is 0 Å². The number of nitrogens with one attached hydrogen (secondary N) is 1. The Balaban J connectivity index is 1.68. The van der Waals surface area contributed by atoms with Crippen LogP contribution in [0, 0.1) is 18.3 Å². The molecular weight excluding hydrogens is 420 g/mol. The summed E-state index contributed by atoms with van der Waals surface area (Å²) >= 11 is 1.22. The van der Waals surface area contributed by atoms with Gasteiger partial charge in [-0.2, -0.15) is 5.26 Å². The van der Waals surface area contributed by atoms with Gasteiger partial charge in [-0.3, -0.25) is 14.2 Å². The van der Waals surface area contributed by atoms with E-state index in [9.17, 15) is 9.59 Å². The second-order valence-corrected chi connectivity index (χ2v) is 8.63. The number of rotatable bonds is 5. The van der Waals surface area contributed by atoms with Crippen LogP contribution >= 0.6 is 11.8 Å². The number of aryl methyl sites for hydroxylation is 1. The van der Waals surface area contributed by atoms with Crippen molar-refractivity contribution in [2.75, 3.05) is 5.32 Å². The van der Waals surface area contributed by atoms with E-state index in [1.807, 2.05) is 43.3 Å². The van der Waals surface area contributed by atoms with Gasteiger partial charge in [0.25, 0.3) is 5.56 Å². The number of hydrogen-bond acceptors (Lipinski definition) is 5. The topological polar surface area (TPSA) is 87.8 Å². The molecule has 1 unspecified atom stereocenters. The lowest BCUT2D eigenvalue weighted by Gasteiger charge is -2.16. The monoisotopic (exact) mass is 440 g/mol. The van der Waals surface area contributed by atoms with Crippen molar-refractivity contribution in [3.05, 3.63) is 94.3 Å². The van der Waals surface area contributed by atoms with E-state index in [-0.39, 0.29) is 11.5 Å². The van der Waals surface area contributed by atoms with Crippen molar-refractivity contribution in [2.45, 2.75) is 24.3 Å². The predicted molar refractivity (Wildman–Crippen MR) is 127 cm³/mol. The number of aromatic nitrogens is 2. The summed E-state index contributed by atoms with van der Waals surface area (Å²) in [6, 6.07) is 23.5. The smallest absolute Gasteiger partial charge is 0.266 e. The highest BCUT2D eigenvalue weighted by Gasteiger charge is 2.20. The summed E-state index contributed by atoms with van der Waals surface area (Å²) in [6.07, 6.45) is 0. The number of nitriles is 1. The zero-order valence-corrected chi connectivity index (χ0v) is 18.4. The largest absolute Gasteiger partial charge is 0.325 e. The van der Waals surface area contributed by atoms with Crippen molar-refractivity contribution in [2.24, 2.45) is 0 Å². The van der Waals surface area contributed by atoms with Gasteiger partial charge in [0.15, 0.2) is 5.16 Å². The van der Waals surface area contributed by atoms with Crippen molar-refractivity contribution in [1.29, 1.82) is 5.26 Å². The highest BCUT2D eigenvalue weighted by atomic mass is 32.2. The molecule has 6 nitrogen and oxygen atoms in total. The van der Waals surface area contributed by atoms with E-state index in [2.05, 4.69) is 11.4 Å². The predicted octanol–water partition coefficient (Wildman–Crippen LogP) is 4.69. The molecule has 0 aliphatic carbocycles. The Labute approximate surface area is 189 Å². The number of carbonyl (C=O) groups excluding carboxylic acids is 1. The minimum absolute atomic E-state index is 0.179. The number of nitrogens with zero attached hydrogens (tertiary/aromatic N) is 3. The Morgan fingerprint density at radius 2 is 1.75 bits per heavy atom. The van der Waals surface area contributed by atoms with Crippen LogP contribution in [0.4, 0.5) is 5.69 Å². The van der Waals surface area contributed by atoms with Crippen LogP contribution in [-0.2, 0) is 4.79 Å². The quantitative estimate of drug-likeness (QED) is 0.359. The molecule has 1 atom stereocenters. The molecule has 32 heavy (non-hydrogen) atoms. The van der Waals surface area contributed by atoms with Gasteiger partial charge >= 0.3 is 0 Å². The first-order valence-corrected chi connectivity index (χ1v) is 10.9. The Kier molecular flexibility index (Phi) is 6.06. The normalized spacial score (nSPS) is 11.7. The average molecular weight is 441 g/mol. The zero-order chi connectivity index (χ0) is 22.7. The number of benzene rings is 3. The summed E-state index contributed by atoms with van der Waals surface area (Å²) in [4.78, 5) is 30.8. The Hall–Kier alpha value is -3.89. The maximum absolute atomic E-state index is 13.3. The van der Waals surface area contributed by atoms with E-state index < -0.39 is 5.25 Å². The summed E-state index contributed by atoms with van der Waals surface area (Å²) in [6.45, 7) is 3.75. The minimum Gasteiger partial charge on any atom is -0.325 e. The van der Waals surface area contributed by atoms with E-state index in [1.165, 1.54) is 11.8 Å². The van der Waals surface area contributed by atoms with Gasteiger partial charge in [0.05, 0.1) is 33.5 Å². The molecule has 1 N–H and O–H groups in total. The molecule has 1 heterocycles. The van der Waals surface area contributed by atoms with Gasteiger partial charge in [-0.25, -0.2) is 4.98 Å². The Morgan fingerprint density at radius 3 is 2.44 bits per heavy atom. The number of para-hydroxylation sites is 1. The van der Waals surface area contributed by atoms with Crippen molar-refractivity contribution in [3.8, 4) is 11.8 Å². The first kappa shape index (κ1) is 21.3. The van der Waals surface area contributed by atoms with Crippen molar-refractivity contribution in [3.63, 3.8) is 0 Å². The van der Waals surface area contributed by atoms with Crippen molar-refractivity contribution >= 4 is 34.3 Å². The van der Waals surface area contributed by atoms with Crippen LogP contribution in [0.15, 0.2) is 82.7 Å². The standard InChI is InChI=1S/C25H20N4O2S/c1-16-7-13-20(14-8-16)29-24(31)21-5-3-4-6-22(21)28-25(29)32-17(2)23(30)27-19-11-9-18(15-26)10-12-19/h3-14,17H,1-2H3,(H,27,30). The zero-order valence-electron chi connectivity index (χ0n) is 17.6. The van der Waals surface area contributed by atoms with Crippen LogP contribution in [-0.4, -0.2) is 20.7 Å². The van der Waals surface area contributed by atoms with E-state index in [1.54, 1.807) is 47.9 Å². The second-order valence-electron chi connectivity index (χ2n) is 7.33. The molecule has 0 aliphatic heterocycles. The van der Waals surface area contributed by atoms with Crippen LogP contribution in [0.5, 0.6) is 0 Å². The van der Waals surface area contributed by atoms with E-state index in [4.69, 9.17) is 10.2 Å². The third-order valence-electron chi connectivity index (χ3n) is 4.97. The molecule has 7 heteroatoms. The molecule has 0 saturated carbocycles. The number of fused-ring (bicyclic) bond motifs is 1. The summed E-state index contributed by atoms with van der Waals surface area (Å²) in [5.74, 6) is -0.224. The van der Waals surface area contributed by atoms with Gasteiger partial charge in [0, 0.05) is 5.69 Å². The van der Waals surface area contributed by atoms with Crippen LogP contribution in [0.25, 0.3) is 16.6 Å². The fourth-order valence-electron chi connectivity index (χ4n) is 3.20. The first-order valence-electron chi connectivity index (χ1n) is 10.0. The second kappa shape index (κ2) is 9.08. The molecule has 3 aromatic carbocycles. The van der Waals surface area contributed by atoms with E-state index in [0.717, 1.165) is 5.56 Å². The maximum atomic E-state index is 13.3. The summed E-state index contributed by atoms with van der Waals surface area (Å²) < 4.78 is 1.55. The summed E-state index contributed by atoms with van der Waals surface area (Å²) in [5, 5.41) is 12.2. The average Bonchev–Trinajstić information content (AvgIpc) is 2.80. The van der Waals surface area contributed by atoms with Crippen molar-refractivity contribution in [1.82, 2.24) is 9.55 Å². The molecule has 158 valence electrons. The molecule has 0 aliphatic rings. The fourth-order valence-corrected chi connectivity index (χ4v) is 4.12. The highest BCUT2D eigenvalue weighted by molar-refractivity contribution is 8.00. The van der Waals surface area contributed by atoms with Gasteiger partial charge in [-0.15, -0.1) is 0 Å². The third-order valence-corrected chi connectivity index (χ3v) is 6.02. The van der Waals surface area contributed by atoms with Gasteiger partial charge < -0.3 is 5.32 Å². The fraction of sp³-hybridized carbons (Fsp3) is 0.120. The molecule has 1 aromatic heterocycles. The lowest BCUT2D eigenvalue weighted by atomic mass is 10.2. The van der Waals surface area contributed by atoms with Crippen LogP contribution in [0.2, 0.25) is 0 Å². The molecule has 0 fully saturated rings. The molecule has 0 saturated heterocycles. The number of amides is 1. The molecule has 0 bridgehead atoms. The molecule has 0 radical (unpaired) electrons. The minimum atomic E-state index is -0.518. The van der Waals surface area contributed by atoms with Gasteiger partial charge in [0.1, 0.15) is 0 Å². The van der Waals surface area contributed by atoms with Gasteiger partial charge in [-0.1, -0.05) is 41.6 Å². The lowest BCUT2D eigenvalue weighted by Crippen LogP contribution is -2.26. The molecule has 4 rings (SSSR count). The third kappa shape index (κ3) is 4.41. The maximum Gasteiger partial charge on any atom is 0.266 e. The van der Waals surface area contributed by atoms with Gasteiger partial charge in [0.2, 0.25) is 5.91 Å². The van der Waals surface area contributed by atoms with Crippen LogP contribution in [0.1, 0.15) is 18.1 Å². The molecule has 1 amide bonds. The number of carbonyl (C=O) groups is 1. The Bertz CT molecular complexity index is 1390. The van der Waals surface area contributed by atoms with Crippen molar-refractivity contribution < 1.29 is 4.79 Å². The molecule has 4 aromatic rings. The summed E-state index contributed by atoms with van der Waals surface area (Å²) in [7, 11) is 0. The number of thioether (sulfide) groups is 1. The molecular formula is C25H20N4O2S. The van der Waals surface area contributed by atoms with Crippen LogP contribution < -0.4 is 10.9 Å². The number of anilines is 1. The Morgan fingerprint density at radius 1 is 1.06 bits per heavy atom. The van der Waals surface area contributed by atoms with Gasteiger partial charge in [-0.05, 0) is 62.4 Å². The summed E-state index contributed by atoms with van der Waals surface area (Å²) in [5.41, 5.74) is 3.31. The lowest BCUT2D eigenvalue weighted by molar-refractivity contribution is -0.115. The SMILES string of the molecule is Cc1ccc(-n2c(SC(C)C(=O)Nc3ccc(C#N)cc3)nc3ccccc3c2=O)cc1. The van der Waals surface area contributed by atoms with E-state index in [0.29, 0.717) is 33.0 Å².